The van der Waals surface area contributed by atoms with Crippen LogP contribution < -0.4 is 0 Å². The first-order valence-corrected chi connectivity index (χ1v) is 3.76. The van der Waals surface area contributed by atoms with Crippen molar-refractivity contribution in [3.63, 3.8) is 0 Å². The van der Waals surface area contributed by atoms with E-state index in [1.807, 2.05) is 13.0 Å². The third-order valence-electron chi connectivity index (χ3n) is 1.00. The summed E-state index contributed by atoms with van der Waals surface area (Å²) in [5.41, 5.74) is 0. The van der Waals surface area contributed by atoms with Gasteiger partial charge >= 0.3 is 0 Å². The lowest BCUT2D eigenvalue weighted by Crippen LogP contribution is -1.93. The Balaban J connectivity index is 2.88. The molecule has 0 bridgehead atoms. The van der Waals surface area contributed by atoms with Crippen molar-refractivity contribution in [2.24, 2.45) is 0 Å². The predicted octanol–water partition coefficient (Wildman–Crippen LogP) is 2.31. The maximum Gasteiger partial charge on any atom is 0.188 e. The van der Waals surface area contributed by atoms with Crippen LogP contribution in [0.25, 0.3) is 0 Å². The highest BCUT2D eigenvalue weighted by Crippen LogP contribution is 1.88. The van der Waals surface area contributed by atoms with Gasteiger partial charge in [-0.1, -0.05) is 13.3 Å². The summed E-state index contributed by atoms with van der Waals surface area (Å²) in [6, 6.07) is 0. The third-order valence-corrected chi connectivity index (χ3v) is 1.00. The Morgan fingerprint density at radius 2 is 2.10 bits per heavy atom. The van der Waals surface area contributed by atoms with Gasteiger partial charge in [0.05, 0.1) is 6.26 Å². The average Bonchev–Trinajstić information content (AvgIpc) is 1.97. The fourth-order valence-corrected chi connectivity index (χ4v) is 0.473. The van der Waals surface area contributed by atoms with E-state index in [0.29, 0.717) is 13.4 Å². The smallest absolute Gasteiger partial charge is 0.188 e. The lowest BCUT2D eigenvalue weighted by atomic mass is 10.3. The quantitative estimate of drug-likeness (QED) is 0.323. The number of hydrogen-bond acceptors (Lipinski definition) is 2. The zero-order valence-electron chi connectivity index (χ0n) is 6.80. The van der Waals surface area contributed by atoms with Crippen LogP contribution in [0.1, 0.15) is 26.7 Å². The molecule has 0 aromatic carbocycles. The molecule has 0 aliphatic rings. The molecule has 0 N–H and O–H groups in total. The molecule has 0 spiro atoms. The first-order valence-electron chi connectivity index (χ1n) is 3.76. The van der Waals surface area contributed by atoms with Crippen LogP contribution in [-0.4, -0.2) is 13.4 Å². The second-order valence-corrected chi connectivity index (χ2v) is 1.94. The van der Waals surface area contributed by atoms with Crippen molar-refractivity contribution < 1.29 is 9.47 Å². The zero-order chi connectivity index (χ0) is 7.66. The molecule has 0 rings (SSSR count). The van der Waals surface area contributed by atoms with Gasteiger partial charge in [-0.25, -0.2) is 0 Å². The normalized spacial score (nSPS) is 10.6. The molecule has 2 heteroatoms. The molecule has 0 atom stereocenters. The van der Waals surface area contributed by atoms with Crippen LogP contribution in [0.5, 0.6) is 0 Å². The summed E-state index contributed by atoms with van der Waals surface area (Å²) < 4.78 is 9.91. The Bertz CT molecular complexity index is 79.3. The van der Waals surface area contributed by atoms with Gasteiger partial charge in [-0.2, -0.15) is 0 Å². The van der Waals surface area contributed by atoms with Crippen LogP contribution >= 0.6 is 0 Å². The van der Waals surface area contributed by atoms with E-state index in [0.717, 1.165) is 12.8 Å². The molecule has 0 aromatic heterocycles. The molecule has 0 amide bonds. The number of allylic oxidation sites excluding steroid dienone is 1. The zero-order valence-corrected chi connectivity index (χ0v) is 6.80. The Morgan fingerprint density at radius 3 is 2.70 bits per heavy atom. The van der Waals surface area contributed by atoms with E-state index in [1.54, 1.807) is 6.26 Å². The van der Waals surface area contributed by atoms with E-state index >= 15 is 0 Å². The fourth-order valence-electron chi connectivity index (χ4n) is 0.473. The summed E-state index contributed by atoms with van der Waals surface area (Å²) in [6.07, 6.45) is 5.93. The maximum atomic E-state index is 4.97. The maximum absolute atomic E-state index is 4.97. The van der Waals surface area contributed by atoms with Crippen LogP contribution in [0.15, 0.2) is 12.3 Å². The Labute approximate surface area is 62.8 Å². The Kier molecular flexibility index (Phi) is 8.07. The van der Waals surface area contributed by atoms with Crippen molar-refractivity contribution in [2.75, 3.05) is 13.4 Å². The second-order valence-electron chi connectivity index (χ2n) is 1.94. The summed E-state index contributed by atoms with van der Waals surface area (Å²) in [7, 11) is 0. The summed E-state index contributed by atoms with van der Waals surface area (Å²) in [5.74, 6) is 0. The van der Waals surface area contributed by atoms with Crippen molar-refractivity contribution in [1.82, 2.24) is 0 Å². The summed E-state index contributed by atoms with van der Waals surface area (Å²) in [6.45, 7) is 5.16. The standard InChI is InChI=1S/C8H16O2/c1-3-5-6-7-10-8-9-4-2/h6-7H,3-5,8H2,1-2H3. The molecule has 0 saturated carbocycles. The number of ether oxygens (including phenoxy) is 2. The SMILES string of the molecule is CCCC=COCOCC. The minimum absolute atomic E-state index is 0.372. The lowest BCUT2D eigenvalue weighted by molar-refractivity contribution is -0.00533. The molecule has 0 radical (unpaired) electrons. The molecule has 0 aliphatic heterocycles. The van der Waals surface area contributed by atoms with Gasteiger partial charge in [0, 0.05) is 6.61 Å². The highest BCUT2D eigenvalue weighted by atomic mass is 16.7. The molecule has 0 unspecified atom stereocenters. The van der Waals surface area contributed by atoms with Crippen molar-refractivity contribution in [3.8, 4) is 0 Å². The highest BCUT2D eigenvalue weighted by Gasteiger charge is 1.77. The van der Waals surface area contributed by atoms with E-state index < -0.39 is 0 Å². The molecule has 2 nitrogen and oxygen atoms in total. The second kappa shape index (κ2) is 8.50. The monoisotopic (exact) mass is 144 g/mol. The summed E-state index contributed by atoms with van der Waals surface area (Å²) in [5, 5.41) is 0. The van der Waals surface area contributed by atoms with Crippen molar-refractivity contribution in [3.05, 3.63) is 12.3 Å². The van der Waals surface area contributed by atoms with Crippen molar-refractivity contribution in [1.29, 1.82) is 0 Å². The predicted molar refractivity (Wildman–Crippen MR) is 41.6 cm³/mol. The van der Waals surface area contributed by atoms with Gasteiger partial charge in [-0.05, 0) is 19.4 Å². The topological polar surface area (TPSA) is 18.5 Å². The van der Waals surface area contributed by atoms with Gasteiger partial charge in [0.15, 0.2) is 6.79 Å². The van der Waals surface area contributed by atoms with Crippen molar-refractivity contribution >= 4 is 0 Å². The molecular formula is C8H16O2. The molecule has 60 valence electrons. The number of unbranched alkanes of at least 4 members (excludes halogenated alkanes) is 1. The molecule has 10 heavy (non-hydrogen) atoms. The van der Waals surface area contributed by atoms with Gasteiger partial charge in [0.25, 0.3) is 0 Å². The van der Waals surface area contributed by atoms with E-state index in [4.69, 9.17) is 9.47 Å². The molecule has 0 aliphatic carbocycles. The molecule has 0 saturated heterocycles. The molecule has 0 aromatic rings. The molecule has 0 heterocycles. The van der Waals surface area contributed by atoms with Crippen LogP contribution in [0, 0.1) is 0 Å². The summed E-state index contributed by atoms with van der Waals surface area (Å²) in [4.78, 5) is 0. The van der Waals surface area contributed by atoms with Crippen LogP contribution in [0.4, 0.5) is 0 Å². The highest BCUT2D eigenvalue weighted by molar-refractivity contribution is 4.71. The average molecular weight is 144 g/mol. The minimum atomic E-state index is 0.372. The van der Waals surface area contributed by atoms with Crippen LogP contribution in [0.3, 0.4) is 0 Å². The first-order chi connectivity index (χ1) is 4.91. The summed E-state index contributed by atoms with van der Waals surface area (Å²) >= 11 is 0. The van der Waals surface area contributed by atoms with Gasteiger partial charge in [-0.15, -0.1) is 0 Å². The minimum Gasteiger partial charge on any atom is -0.475 e. The largest absolute Gasteiger partial charge is 0.475 e. The van der Waals surface area contributed by atoms with Gasteiger partial charge in [0.1, 0.15) is 0 Å². The van der Waals surface area contributed by atoms with Gasteiger partial charge in [0.2, 0.25) is 0 Å². The fraction of sp³-hybridized carbons (Fsp3) is 0.750. The van der Waals surface area contributed by atoms with E-state index in [-0.39, 0.29) is 0 Å². The Hall–Kier alpha value is -0.500. The van der Waals surface area contributed by atoms with Crippen LogP contribution in [0.2, 0.25) is 0 Å². The van der Waals surface area contributed by atoms with Gasteiger partial charge in [-0.3, -0.25) is 0 Å². The van der Waals surface area contributed by atoms with E-state index in [2.05, 4.69) is 6.92 Å². The van der Waals surface area contributed by atoms with E-state index in [1.165, 1.54) is 0 Å². The number of rotatable bonds is 6. The molecule has 0 fully saturated rings. The van der Waals surface area contributed by atoms with Crippen LogP contribution in [-0.2, 0) is 9.47 Å². The number of hydrogen-bond donors (Lipinski definition) is 0. The van der Waals surface area contributed by atoms with E-state index in [9.17, 15) is 0 Å². The Morgan fingerprint density at radius 1 is 1.30 bits per heavy atom. The first kappa shape index (κ1) is 9.50. The third kappa shape index (κ3) is 7.50. The van der Waals surface area contributed by atoms with Gasteiger partial charge < -0.3 is 9.47 Å². The van der Waals surface area contributed by atoms with Crippen molar-refractivity contribution in [2.45, 2.75) is 26.7 Å². The lowest BCUT2D eigenvalue weighted by Gasteiger charge is -1.98. The molecular weight excluding hydrogens is 128 g/mol.